The molecule has 0 aliphatic carbocycles. The summed E-state index contributed by atoms with van der Waals surface area (Å²) in [6.45, 7) is 0.508. The zero-order valence-electron chi connectivity index (χ0n) is 8.29. The maximum absolute atomic E-state index is 5.71. The molecule has 3 rings (SSSR count). The first-order valence-electron chi connectivity index (χ1n) is 4.77. The summed E-state index contributed by atoms with van der Waals surface area (Å²) in [4.78, 5) is 8.47. The van der Waals surface area contributed by atoms with Gasteiger partial charge in [-0.3, -0.25) is 0 Å². The number of hydrogen-bond donors (Lipinski definition) is 0. The van der Waals surface area contributed by atoms with Crippen LogP contribution in [0.2, 0.25) is 0 Å². The molecule has 3 aromatic rings. The van der Waals surface area contributed by atoms with Crippen molar-refractivity contribution in [3.05, 3.63) is 40.3 Å². The van der Waals surface area contributed by atoms with E-state index in [-0.39, 0.29) is 0 Å². The number of hydrogen-bond acceptors (Lipinski definition) is 5. The highest BCUT2D eigenvalue weighted by atomic mass is 32.1. The van der Waals surface area contributed by atoms with Gasteiger partial charge in [0.2, 0.25) is 0 Å². The molecular formula is C11H8N2OS2. The summed E-state index contributed by atoms with van der Waals surface area (Å²) in [6, 6.07) is 5.97. The number of para-hydroxylation sites is 1. The van der Waals surface area contributed by atoms with Gasteiger partial charge in [0.05, 0.1) is 10.2 Å². The highest BCUT2D eigenvalue weighted by molar-refractivity contribution is 7.16. The highest BCUT2D eigenvalue weighted by Crippen LogP contribution is 2.27. The Kier molecular flexibility index (Phi) is 2.55. The molecule has 0 amide bonds. The summed E-state index contributed by atoms with van der Waals surface area (Å²) in [6.07, 6.45) is 1.78. The van der Waals surface area contributed by atoms with Gasteiger partial charge in [-0.05, 0) is 12.1 Å². The van der Waals surface area contributed by atoms with Gasteiger partial charge in [0.1, 0.15) is 22.9 Å². The highest BCUT2D eigenvalue weighted by Gasteiger charge is 2.05. The monoisotopic (exact) mass is 248 g/mol. The van der Waals surface area contributed by atoms with E-state index in [1.54, 1.807) is 28.9 Å². The molecule has 2 heterocycles. The predicted octanol–water partition coefficient (Wildman–Crippen LogP) is 3.33. The van der Waals surface area contributed by atoms with Crippen LogP contribution < -0.4 is 4.74 Å². The number of thiazole rings is 2. The smallest absolute Gasteiger partial charge is 0.147 e. The van der Waals surface area contributed by atoms with Crippen LogP contribution in [0.4, 0.5) is 0 Å². The summed E-state index contributed by atoms with van der Waals surface area (Å²) < 4.78 is 6.86. The molecule has 1 aromatic carbocycles. The van der Waals surface area contributed by atoms with Gasteiger partial charge in [-0.15, -0.1) is 22.7 Å². The molecular weight excluding hydrogens is 240 g/mol. The van der Waals surface area contributed by atoms with Crippen LogP contribution in [0, 0.1) is 0 Å². The fourth-order valence-electron chi connectivity index (χ4n) is 1.44. The molecule has 16 heavy (non-hydrogen) atoms. The number of nitrogens with zero attached hydrogens (tertiary/aromatic N) is 2. The fourth-order valence-corrected chi connectivity index (χ4v) is 2.66. The third-order valence-corrected chi connectivity index (χ3v) is 3.71. The van der Waals surface area contributed by atoms with Gasteiger partial charge in [0.15, 0.2) is 0 Å². The minimum Gasteiger partial charge on any atom is -0.484 e. The molecule has 0 spiro atoms. The second kappa shape index (κ2) is 4.19. The molecule has 0 radical (unpaired) electrons. The Morgan fingerprint density at radius 1 is 1.19 bits per heavy atom. The lowest BCUT2D eigenvalue weighted by molar-refractivity contribution is 0.309. The van der Waals surface area contributed by atoms with E-state index in [9.17, 15) is 0 Å². The van der Waals surface area contributed by atoms with Gasteiger partial charge in [-0.2, -0.15) is 0 Å². The van der Waals surface area contributed by atoms with Crippen molar-refractivity contribution in [2.24, 2.45) is 0 Å². The first kappa shape index (κ1) is 9.74. The van der Waals surface area contributed by atoms with Gasteiger partial charge < -0.3 is 4.74 Å². The Morgan fingerprint density at radius 2 is 2.19 bits per heavy atom. The topological polar surface area (TPSA) is 35.0 Å². The standard InChI is InChI=1S/C11H8N2OS2/c1-2-8(11-9(3-1)16-7-13-11)14-6-10-12-4-5-15-10/h1-5,7H,6H2. The van der Waals surface area contributed by atoms with Crippen molar-refractivity contribution in [3.63, 3.8) is 0 Å². The average molecular weight is 248 g/mol. The molecule has 80 valence electrons. The number of fused-ring (bicyclic) bond motifs is 1. The maximum atomic E-state index is 5.71. The van der Waals surface area contributed by atoms with E-state index in [1.165, 1.54) is 0 Å². The molecule has 0 bridgehead atoms. The first-order chi connectivity index (χ1) is 7.93. The summed E-state index contributed by atoms with van der Waals surface area (Å²) in [7, 11) is 0. The minimum atomic E-state index is 0.508. The molecule has 0 atom stereocenters. The van der Waals surface area contributed by atoms with E-state index in [0.717, 1.165) is 21.0 Å². The lowest BCUT2D eigenvalue weighted by Crippen LogP contribution is -1.94. The molecule has 0 aliphatic heterocycles. The Balaban J connectivity index is 1.86. The Hall–Kier alpha value is -1.46. The molecule has 0 N–H and O–H groups in total. The first-order valence-corrected chi connectivity index (χ1v) is 6.53. The summed E-state index contributed by atoms with van der Waals surface area (Å²) in [5.41, 5.74) is 2.77. The molecule has 0 fully saturated rings. The maximum Gasteiger partial charge on any atom is 0.147 e. The van der Waals surface area contributed by atoms with E-state index < -0.39 is 0 Å². The molecule has 0 unspecified atom stereocenters. The minimum absolute atomic E-state index is 0.508. The van der Waals surface area contributed by atoms with Crippen molar-refractivity contribution in [2.75, 3.05) is 0 Å². The average Bonchev–Trinajstić information content (AvgIpc) is 2.97. The van der Waals surface area contributed by atoms with Crippen molar-refractivity contribution in [2.45, 2.75) is 6.61 Å². The number of rotatable bonds is 3. The number of aromatic nitrogens is 2. The fraction of sp³-hybridized carbons (Fsp3) is 0.0909. The zero-order chi connectivity index (χ0) is 10.8. The molecule has 0 saturated carbocycles. The number of benzene rings is 1. The van der Waals surface area contributed by atoms with E-state index in [1.807, 2.05) is 29.1 Å². The summed E-state index contributed by atoms with van der Waals surface area (Å²) >= 11 is 3.22. The van der Waals surface area contributed by atoms with Crippen LogP contribution in [0.1, 0.15) is 5.01 Å². The van der Waals surface area contributed by atoms with Crippen LogP contribution >= 0.6 is 22.7 Å². The molecule has 3 nitrogen and oxygen atoms in total. The normalized spacial score (nSPS) is 10.8. The van der Waals surface area contributed by atoms with Crippen LogP contribution in [0.15, 0.2) is 35.3 Å². The largest absolute Gasteiger partial charge is 0.484 e. The van der Waals surface area contributed by atoms with Crippen LogP contribution in [-0.2, 0) is 6.61 Å². The van der Waals surface area contributed by atoms with Crippen molar-refractivity contribution in [1.82, 2.24) is 9.97 Å². The van der Waals surface area contributed by atoms with Gasteiger partial charge in [0, 0.05) is 11.6 Å². The SMILES string of the molecule is c1cc(OCc2nccs2)c2ncsc2c1. The molecule has 0 aliphatic rings. The van der Waals surface area contributed by atoms with Crippen molar-refractivity contribution in [1.29, 1.82) is 0 Å². The van der Waals surface area contributed by atoms with E-state index in [2.05, 4.69) is 9.97 Å². The summed E-state index contributed by atoms with van der Waals surface area (Å²) in [5, 5.41) is 2.93. The van der Waals surface area contributed by atoms with Gasteiger partial charge >= 0.3 is 0 Å². The Morgan fingerprint density at radius 3 is 3.06 bits per heavy atom. The van der Waals surface area contributed by atoms with E-state index >= 15 is 0 Å². The van der Waals surface area contributed by atoms with Crippen LogP contribution in [0.5, 0.6) is 5.75 Å². The van der Waals surface area contributed by atoms with Crippen molar-refractivity contribution < 1.29 is 4.74 Å². The Labute approximate surface area is 100 Å². The lowest BCUT2D eigenvalue weighted by atomic mass is 10.3. The second-order valence-electron chi connectivity index (χ2n) is 3.17. The van der Waals surface area contributed by atoms with Crippen LogP contribution in [-0.4, -0.2) is 9.97 Å². The molecule has 5 heteroatoms. The quantitative estimate of drug-likeness (QED) is 0.713. The summed E-state index contributed by atoms with van der Waals surface area (Å²) in [5.74, 6) is 0.828. The zero-order valence-corrected chi connectivity index (χ0v) is 9.92. The van der Waals surface area contributed by atoms with Gasteiger partial charge in [-0.25, -0.2) is 9.97 Å². The van der Waals surface area contributed by atoms with Gasteiger partial charge in [-0.1, -0.05) is 6.07 Å². The van der Waals surface area contributed by atoms with E-state index in [0.29, 0.717) is 6.61 Å². The lowest BCUT2D eigenvalue weighted by Gasteiger charge is -2.03. The van der Waals surface area contributed by atoms with Crippen LogP contribution in [0.3, 0.4) is 0 Å². The molecule has 2 aromatic heterocycles. The second-order valence-corrected chi connectivity index (χ2v) is 5.04. The van der Waals surface area contributed by atoms with Gasteiger partial charge in [0.25, 0.3) is 0 Å². The number of ether oxygens (including phenoxy) is 1. The Bertz CT molecular complexity index is 589. The van der Waals surface area contributed by atoms with Crippen LogP contribution in [0.25, 0.3) is 10.2 Å². The third-order valence-electron chi connectivity index (χ3n) is 2.16. The third kappa shape index (κ3) is 1.79. The van der Waals surface area contributed by atoms with Crippen molar-refractivity contribution >= 4 is 32.9 Å². The molecule has 0 saturated heterocycles. The van der Waals surface area contributed by atoms with E-state index in [4.69, 9.17) is 4.74 Å². The predicted molar refractivity (Wildman–Crippen MR) is 66.1 cm³/mol. The van der Waals surface area contributed by atoms with Crippen molar-refractivity contribution in [3.8, 4) is 5.75 Å².